The molecule has 7 nitrogen and oxygen atoms in total. The van der Waals surface area contributed by atoms with E-state index in [1.54, 1.807) is 0 Å². The SMILES string of the molecule is COC(=O)N[C@H](C(=O)Cc1ccccc1CC[C@@H]1CN[C@H](COc2ccccc2)CO1)C(c1ccccc1)c1ccccc1. The number of benzene rings is 4. The van der Waals surface area contributed by atoms with Gasteiger partial charge in [0.1, 0.15) is 18.4 Å². The molecule has 1 saturated heterocycles. The number of nitrogens with one attached hydrogen (secondary N) is 2. The maximum atomic E-state index is 14.1. The van der Waals surface area contributed by atoms with Crippen molar-refractivity contribution in [3.05, 3.63) is 138 Å². The summed E-state index contributed by atoms with van der Waals surface area (Å²) in [5.74, 6) is 0.388. The van der Waals surface area contributed by atoms with Gasteiger partial charge in [0.25, 0.3) is 0 Å². The Balaban J connectivity index is 1.24. The molecule has 1 aliphatic heterocycles. The number of carbonyl (C=O) groups excluding carboxylic acids is 2. The van der Waals surface area contributed by atoms with Crippen LogP contribution in [-0.4, -0.2) is 56.9 Å². The molecule has 1 heterocycles. The van der Waals surface area contributed by atoms with Crippen molar-refractivity contribution in [3.63, 3.8) is 0 Å². The Morgan fingerprint density at radius 1 is 0.841 bits per heavy atom. The van der Waals surface area contributed by atoms with Gasteiger partial charge in [-0.3, -0.25) is 4.79 Å². The number of para-hydroxylation sites is 1. The summed E-state index contributed by atoms with van der Waals surface area (Å²) in [5, 5.41) is 6.41. The molecule has 4 aromatic rings. The maximum absolute atomic E-state index is 14.1. The van der Waals surface area contributed by atoms with Crippen molar-refractivity contribution in [2.24, 2.45) is 0 Å². The van der Waals surface area contributed by atoms with Gasteiger partial charge < -0.3 is 24.8 Å². The van der Waals surface area contributed by atoms with Gasteiger partial charge in [0.15, 0.2) is 5.78 Å². The molecule has 0 aliphatic carbocycles. The molecule has 228 valence electrons. The minimum Gasteiger partial charge on any atom is -0.492 e. The van der Waals surface area contributed by atoms with Crippen LogP contribution in [0.1, 0.15) is 34.6 Å². The van der Waals surface area contributed by atoms with E-state index in [1.165, 1.54) is 7.11 Å². The average Bonchev–Trinajstić information content (AvgIpc) is 3.08. The molecule has 7 heteroatoms. The summed E-state index contributed by atoms with van der Waals surface area (Å²) in [6, 6.07) is 36.8. The number of methoxy groups -OCH3 is 1. The van der Waals surface area contributed by atoms with Gasteiger partial charge in [0.2, 0.25) is 0 Å². The molecule has 5 rings (SSSR count). The van der Waals surface area contributed by atoms with E-state index in [9.17, 15) is 9.59 Å². The van der Waals surface area contributed by atoms with Crippen molar-refractivity contribution in [1.82, 2.24) is 10.6 Å². The second kappa shape index (κ2) is 15.8. The number of rotatable bonds is 13. The van der Waals surface area contributed by atoms with Gasteiger partial charge >= 0.3 is 6.09 Å². The van der Waals surface area contributed by atoms with Crippen molar-refractivity contribution in [3.8, 4) is 5.75 Å². The van der Waals surface area contributed by atoms with Crippen LogP contribution in [-0.2, 0) is 27.1 Å². The Kier molecular flexibility index (Phi) is 11.2. The summed E-state index contributed by atoms with van der Waals surface area (Å²) in [4.78, 5) is 26.6. The first-order valence-corrected chi connectivity index (χ1v) is 15.2. The molecule has 1 aliphatic rings. The molecule has 0 spiro atoms. The molecule has 0 radical (unpaired) electrons. The molecule has 0 unspecified atom stereocenters. The lowest BCUT2D eigenvalue weighted by molar-refractivity contribution is -0.120. The third-order valence-corrected chi connectivity index (χ3v) is 8.04. The largest absolute Gasteiger partial charge is 0.492 e. The first-order chi connectivity index (χ1) is 21.6. The lowest BCUT2D eigenvalue weighted by Crippen LogP contribution is -2.49. The third kappa shape index (κ3) is 8.56. The Labute approximate surface area is 259 Å². The molecule has 0 bridgehead atoms. The molecular formula is C37H40N2O5. The molecular weight excluding hydrogens is 552 g/mol. The predicted molar refractivity (Wildman–Crippen MR) is 171 cm³/mol. The number of amides is 1. The van der Waals surface area contributed by atoms with Crippen LogP contribution in [0.5, 0.6) is 5.75 Å². The van der Waals surface area contributed by atoms with E-state index in [0.717, 1.165) is 47.4 Å². The fourth-order valence-electron chi connectivity index (χ4n) is 5.70. The van der Waals surface area contributed by atoms with Crippen molar-refractivity contribution in [2.75, 3.05) is 26.9 Å². The van der Waals surface area contributed by atoms with E-state index < -0.39 is 12.1 Å². The number of carbonyl (C=O) groups is 2. The first-order valence-electron chi connectivity index (χ1n) is 15.2. The number of aryl methyl sites for hydroxylation is 1. The fraction of sp³-hybridized carbons (Fsp3) is 0.297. The summed E-state index contributed by atoms with van der Waals surface area (Å²) in [5.41, 5.74) is 3.94. The summed E-state index contributed by atoms with van der Waals surface area (Å²) in [6.07, 6.45) is 1.22. The van der Waals surface area contributed by atoms with Gasteiger partial charge in [-0.25, -0.2) is 4.79 Å². The second-order valence-electron chi connectivity index (χ2n) is 11.0. The lowest BCUT2D eigenvalue weighted by Gasteiger charge is -2.30. The summed E-state index contributed by atoms with van der Waals surface area (Å²) in [6.45, 7) is 1.87. The van der Waals surface area contributed by atoms with E-state index in [0.29, 0.717) is 13.2 Å². The van der Waals surface area contributed by atoms with E-state index in [4.69, 9.17) is 14.2 Å². The van der Waals surface area contributed by atoms with E-state index in [-0.39, 0.29) is 30.3 Å². The summed E-state index contributed by atoms with van der Waals surface area (Å²) < 4.78 is 17.0. The topological polar surface area (TPSA) is 85.9 Å². The van der Waals surface area contributed by atoms with Crippen LogP contribution < -0.4 is 15.4 Å². The van der Waals surface area contributed by atoms with Crippen LogP contribution in [0.4, 0.5) is 4.79 Å². The van der Waals surface area contributed by atoms with Crippen molar-refractivity contribution < 1.29 is 23.8 Å². The summed E-state index contributed by atoms with van der Waals surface area (Å²) in [7, 11) is 1.31. The van der Waals surface area contributed by atoms with Crippen LogP contribution in [0, 0.1) is 0 Å². The number of Topliss-reactive ketones (excluding diaryl/α,β-unsaturated/α-hetero) is 1. The molecule has 0 saturated carbocycles. The Bertz CT molecular complexity index is 1420. The highest BCUT2D eigenvalue weighted by atomic mass is 16.5. The molecule has 1 fully saturated rings. The lowest BCUT2D eigenvalue weighted by atomic mass is 9.81. The zero-order valence-electron chi connectivity index (χ0n) is 25.1. The number of hydrogen-bond acceptors (Lipinski definition) is 6. The number of ether oxygens (including phenoxy) is 3. The highest BCUT2D eigenvalue weighted by molar-refractivity contribution is 5.90. The molecule has 1 amide bonds. The van der Waals surface area contributed by atoms with Gasteiger partial charge in [-0.2, -0.15) is 0 Å². The Hall–Kier alpha value is -4.46. The predicted octanol–water partition coefficient (Wildman–Crippen LogP) is 5.72. The number of hydrogen-bond donors (Lipinski definition) is 2. The minimum absolute atomic E-state index is 0.0704. The number of alkyl carbamates (subject to hydrolysis) is 1. The normalized spacial score (nSPS) is 17.0. The monoisotopic (exact) mass is 592 g/mol. The fourth-order valence-corrected chi connectivity index (χ4v) is 5.70. The molecule has 2 N–H and O–H groups in total. The summed E-state index contributed by atoms with van der Waals surface area (Å²) >= 11 is 0. The van der Waals surface area contributed by atoms with Crippen molar-refractivity contribution >= 4 is 11.9 Å². The highest BCUT2D eigenvalue weighted by Crippen LogP contribution is 2.30. The Morgan fingerprint density at radius 2 is 1.43 bits per heavy atom. The second-order valence-corrected chi connectivity index (χ2v) is 11.0. The minimum atomic E-state index is -0.818. The standard InChI is InChI=1S/C37H40N2O5/c1-42-37(41)39-36(35(28-14-5-2-6-15-28)29-16-7-3-8-17-29)34(40)23-30-18-12-11-13-27(30)21-22-33-24-38-31(26-44-33)25-43-32-19-9-4-10-20-32/h2-20,31,33,35-36,38H,21-26H2,1H3,(H,39,41)/t31-,33-,36-/m1/s1. The van der Waals surface area contributed by atoms with E-state index in [2.05, 4.69) is 16.7 Å². The molecule has 4 aromatic carbocycles. The van der Waals surface area contributed by atoms with Gasteiger partial charge in [-0.1, -0.05) is 103 Å². The molecule has 44 heavy (non-hydrogen) atoms. The van der Waals surface area contributed by atoms with E-state index >= 15 is 0 Å². The Morgan fingerprint density at radius 3 is 2.02 bits per heavy atom. The highest BCUT2D eigenvalue weighted by Gasteiger charge is 2.33. The zero-order valence-corrected chi connectivity index (χ0v) is 25.1. The van der Waals surface area contributed by atoms with Gasteiger partial charge in [-0.15, -0.1) is 0 Å². The van der Waals surface area contributed by atoms with Crippen molar-refractivity contribution in [1.29, 1.82) is 0 Å². The van der Waals surface area contributed by atoms with Crippen molar-refractivity contribution in [2.45, 2.75) is 43.4 Å². The van der Waals surface area contributed by atoms with Gasteiger partial charge in [-0.05, 0) is 47.2 Å². The van der Waals surface area contributed by atoms with Crippen LogP contribution in [0.3, 0.4) is 0 Å². The van der Waals surface area contributed by atoms with Gasteiger partial charge in [0, 0.05) is 18.9 Å². The quantitative estimate of drug-likeness (QED) is 0.207. The molecule has 3 atom stereocenters. The first kappa shape index (κ1) is 31.0. The van der Waals surface area contributed by atoms with Crippen LogP contribution in [0.2, 0.25) is 0 Å². The van der Waals surface area contributed by atoms with E-state index in [1.807, 2.05) is 109 Å². The maximum Gasteiger partial charge on any atom is 0.407 e. The van der Waals surface area contributed by atoms with Crippen LogP contribution >= 0.6 is 0 Å². The third-order valence-electron chi connectivity index (χ3n) is 8.04. The number of ketones is 1. The number of morpholine rings is 1. The smallest absolute Gasteiger partial charge is 0.407 e. The van der Waals surface area contributed by atoms with Crippen LogP contribution in [0.15, 0.2) is 115 Å². The molecule has 0 aromatic heterocycles. The van der Waals surface area contributed by atoms with Gasteiger partial charge in [0.05, 0.1) is 25.9 Å². The average molecular weight is 593 g/mol. The zero-order chi connectivity index (χ0) is 30.6. The van der Waals surface area contributed by atoms with Crippen LogP contribution in [0.25, 0.3) is 0 Å².